The number of carbonyl (C=O) groups excluding carboxylic acids is 1. The molecule has 0 saturated heterocycles. The van der Waals surface area contributed by atoms with Gasteiger partial charge in [-0.05, 0) is 37.3 Å². The minimum Gasteiger partial charge on any atom is -0.490 e. The van der Waals surface area contributed by atoms with Crippen molar-refractivity contribution in [3.8, 4) is 11.5 Å². The van der Waals surface area contributed by atoms with E-state index < -0.39 is 23.2 Å². The van der Waals surface area contributed by atoms with E-state index in [1.165, 1.54) is 6.07 Å². The molecule has 3 nitrogen and oxygen atoms in total. The minimum absolute atomic E-state index is 0.156. The van der Waals surface area contributed by atoms with Gasteiger partial charge in [-0.2, -0.15) is 0 Å². The Kier molecular flexibility index (Phi) is 4.30. The molecule has 0 radical (unpaired) electrons. The lowest BCUT2D eigenvalue weighted by Crippen LogP contribution is -2.12. The summed E-state index contributed by atoms with van der Waals surface area (Å²) in [6.45, 7) is 2.17. The molecule has 104 valence electrons. The molecule has 0 bridgehead atoms. The molecule has 2 aromatic carbocycles. The average Bonchev–Trinajstić information content (AvgIpc) is 2.44. The summed E-state index contributed by atoms with van der Waals surface area (Å²) >= 11 is 0. The zero-order valence-electron chi connectivity index (χ0n) is 10.7. The number of ether oxygens (including phenoxy) is 2. The van der Waals surface area contributed by atoms with Crippen LogP contribution in [0.3, 0.4) is 0 Å². The highest BCUT2D eigenvalue weighted by molar-refractivity contribution is 5.91. The second kappa shape index (κ2) is 6.14. The van der Waals surface area contributed by atoms with Crippen molar-refractivity contribution in [3.63, 3.8) is 0 Å². The molecule has 0 aliphatic carbocycles. The number of carbonyl (C=O) groups is 1. The predicted octanol–water partition coefficient (Wildman–Crippen LogP) is 3.58. The van der Waals surface area contributed by atoms with E-state index in [1.54, 1.807) is 25.1 Å². The third-order valence-electron chi connectivity index (χ3n) is 2.50. The molecule has 0 atom stereocenters. The van der Waals surface area contributed by atoms with Gasteiger partial charge in [0.05, 0.1) is 12.2 Å². The number of benzene rings is 2. The molecular formula is C15H12F2O3. The standard InChI is InChI=1S/C15H12F2O3/c1-2-19-13-5-3-4-6-14(13)20-15(18)11-9-10(16)7-8-12(11)17/h3-9H,2H2,1H3. The smallest absolute Gasteiger partial charge is 0.346 e. The Morgan fingerprint density at radius 3 is 2.50 bits per heavy atom. The number of hydrogen-bond donors (Lipinski definition) is 0. The summed E-state index contributed by atoms with van der Waals surface area (Å²) in [6, 6.07) is 9.09. The van der Waals surface area contributed by atoms with Crippen LogP contribution in [0.5, 0.6) is 11.5 Å². The van der Waals surface area contributed by atoms with Crippen molar-refractivity contribution in [3.05, 3.63) is 59.7 Å². The molecule has 0 heterocycles. The van der Waals surface area contributed by atoms with E-state index in [1.807, 2.05) is 0 Å². The zero-order valence-corrected chi connectivity index (χ0v) is 10.7. The lowest BCUT2D eigenvalue weighted by atomic mass is 10.2. The van der Waals surface area contributed by atoms with E-state index in [0.29, 0.717) is 12.4 Å². The molecule has 0 spiro atoms. The van der Waals surface area contributed by atoms with Gasteiger partial charge in [0, 0.05) is 0 Å². The first kappa shape index (κ1) is 14.0. The fraction of sp³-hybridized carbons (Fsp3) is 0.133. The van der Waals surface area contributed by atoms with Crippen molar-refractivity contribution in [2.45, 2.75) is 6.92 Å². The Hall–Kier alpha value is -2.43. The van der Waals surface area contributed by atoms with Crippen LogP contribution in [-0.2, 0) is 0 Å². The molecule has 20 heavy (non-hydrogen) atoms. The molecule has 2 aromatic rings. The van der Waals surface area contributed by atoms with E-state index in [9.17, 15) is 13.6 Å². The highest BCUT2D eigenvalue weighted by Gasteiger charge is 2.17. The highest BCUT2D eigenvalue weighted by atomic mass is 19.1. The Bertz CT molecular complexity index is 626. The van der Waals surface area contributed by atoms with Crippen LogP contribution in [0.2, 0.25) is 0 Å². The van der Waals surface area contributed by atoms with Gasteiger partial charge < -0.3 is 9.47 Å². The van der Waals surface area contributed by atoms with Gasteiger partial charge >= 0.3 is 5.97 Å². The van der Waals surface area contributed by atoms with Crippen LogP contribution in [0.25, 0.3) is 0 Å². The van der Waals surface area contributed by atoms with Crippen molar-refractivity contribution in [1.82, 2.24) is 0 Å². The number of rotatable bonds is 4. The van der Waals surface area contributed by atoms with Gasteiger partial charge in [0.25, 0.3) is 0 Å². The van der Waals surface area contributed by atoms with Crippen molar-refractivity contribution < 1.29 is 23.0 Å². The molecule has 0 amide bonds. The summed E-state index contributed by atoms with van der Waals surface area (Å²) in [4.78, 5) is 11.9. The topological polar surface area (TPSA) is 35.5 Å². The first-order valence-corrected chi connectivity index (χ1v) is 6.01. The molecular weight excluding hydrogens is 266 g/mol. The largest absolute Gasteiger partial charge is 0.490 e. The average molecular weight is 278 g/mol. The van der Waals surface area contributed by atoms with Crippen LogP contribution in [0.4, 0.5) is 8.78 Å². The summed E-state index contributed by atoms with van der Waals surface area (Å²) < 4.78 is 36.9. The van der Waals surface area contributed by atoms with Gasteiger partial charge in [-0.15, -0.1) is 0 Å². The van der Waals surface area contributed by atoms with E-state index in [2.05, 4.69) is 0 Å². The molecule has 5 heteroatoms. The van der Waals surface area contributed by atoms with Gasteiger partial charge in [-0.3, -0.25) is 0 Å². The van der Waals surface area contributed by atoms with Crippen molar-refractivity contribution in [1.29, 1.82) is 0 Å². The Morgan fingerprint density at radius 1 is 1.10 bits per heavy atom. The van der Waals surface area contributed by atoms with Gasteiger partial charge in [0.1, 0.15) is 11.6 Å². The van der Waals surface area contributed by atoms with E-state index in [-0.39, 0.29) is 5.75 Å². The second-order valence-electron chi connectivity index (χ2n) is 3.89. The maximum atomic E-state index is 13.5. The van der Waals surface area contributed by atoms with Crippen molar-refractivity contribution in [2.24, 2.45) is 0 Å². The number of para-hydroxylation sites is 2. The quantitative estimate of drug-likeness (QED) is 0.633. The molecule has 0 fully saturated rings. The molecule has 0 aliphatic heterocycles. The lowest BCUT2D eigenvalue weighted by Gasteiger charge is -2.10. The van der Waals surface area contributed by atoms with Crippen LogP contribution in [0.15, 0.2) is 42.5 Å². The fourth-order valence-corrected chi connectivity index (χ4v) is 1.62. The Labute approximate surface area is 114 Å². The first-order chi connectivity index (χ1) is 9.61. The first-order valence-electron chi connectivity index (χ1n) is 6.01. The minimum atomic E-state index is -0.978. The molecule has 2 rings (SSSR count). The highest BCUT2D eigenvalue weighted by Crippen LogP contribution is 2.27. The van der Waals surface area contributed by atoms with Crippen LogP contribution in [0.1, 0.15) is 17.3 Å². The Balaban J connectivity index is 2.26. The molecule has 0 N–H and O–H groups in total. The normalized spacial score (nSPS) is 10.2. The molecule has 0 aliphatic rings. The number of halogens is 2. The summed E-state index contributed by atoms with van der Waals surface area (Å²) in [5.74, 6) is -2.01. The van der Waals surface area contributed by atoms with E-state index >= 15 is 0 Å². The summed E-state index contributed by atoms with van der Waals surface area (Å²) in [5, 5.41) is 0. The van der Waals surface area contributed by atoms with Gasteiger partial charge in [-0.25, -0.2) is 13.6 Å². The summed E-state index contributed by atoms with van der Waals surface area (Å²) in [6.07, 6.45) is 0. The lowest BCUT2D eigenvalue weighted by molar-refractivity contribution is 0.0723. The maximum absolute atomic E-state index is 13.5. The third-order valence-corrected chi connectivity index (χ3v) is 2.50. The van der Waals surface area contributed by atoms with Gasteiger partial charge in [0.15, 0.2) is 11.5 Å². The van der Waals surface area contributed by atoms with Crippen LogP contribution >= 0.6 is 0 Å². The van der Waals surface area contributed by atoms with Crippen LogP contribution in [-0.4, -0.2) is 12.6 Å². The maximum Gasteiger partial charge on any atom is 0.346 e. The number of hydrogen-bond acceptors (Lipinski definition) is 3. The molecule has 0 aromatic heterocycles. The van der Waals surface area contributed by atoms with Crippen LogP contribution in [0, 0.1) is 11.6 Å². The number of esters is 1. The van der Waals surface area contributed by atoms with Gasteiger partial charge in [0.2, 0.25) is 0 Å². The summed E-state index contributed by atoms with van der Waals surface area (Å²) in [7, 11) is 0. The van der Waals surface area contributed by atoms with Crippen LogP contribution < -0.4 is 9.47 Å². The summed E-state index contributed by atoms with van der Waals surface area (Å²) in [5.41, 5.74) is -0.462. The van der Waals surface area contributed by atoms with Gasteiger partial charge in [-0.1, -0.05) is 12.1 Å². The zero-order chi connectivity index (χ0) is 14.5. The van der Waals surface area contributed by atoms with E-state index in [4.69, 9.17) is 9.47 Å². The van der Waals surface area contributed by atoms with Crippen molar-refractivity contribution in [2.75, 3.05) is 6.61 Å². The van der Waals surface area contributed by atoms with Crippen molar-refractivity contribution >= 4 is 5.97 Å². The second-order valence-corrected chi connectivity index (χ2v) is 3.89. The SMILES string of the molecule is CCOc1ccccc1OC(=O)c1cc(F)ccc1F. The predicted molar refractivity (Wildman–Crippen MR) is 68.9 cm³/mol. The Morgan fingerprint density at radius 2 is 1.80 bits per heavy atom. The monoisotopic (exact) mass is 278 g/mol. The fourth-order valence-electron chi connectivity index (χ4n) is 1.62. The third kappa shape index (κ3) is 3.12. The molecule has 0 saturated carbocycles. The van der Waals surface area contributed by atoms with E-state index in [0.717, 1.165) is 18.2 Å². The molecule has 0 unspecified atom stereocenters.